The van der Waals surface area contributed by atoms with Gasteiger partial charge in [-0.2, -0.15) is 4.98 Å². The van der Waals surface area contributed by atoms with Crippen LogP contribution in [0.1, 0.15) is 32.1 Å². The average molecular weight is 370 g/mol. The SMILES string of the molecule is CN(C)c1nc(NC2CCC(NCC3CCOC3)CC2)nc2ccccc12. The number of fused-ring (bicyclic) bond motifs is 1. The van der Waals surface area contributed by atoms with E-state index in [2.05, 4.69) is 27.7 Å². The van der Waals surface area contributed by atoms with Gasteiger partial charge in [0, 0.05) is 44.7 Å². The number of benzene rings is 1. The van der Waals surface area contributed by atoms with Crippen molar-refractivity contribution in [2.24, 2.45) is 5.92 Å². The van der Waals surface area contributed by atoms with Crippen LogP contribution in [0, 0.1) is 5.92 Å². The minimum absolute atomic E-state index is 0.453. The Bertz CT molecular complexity index is 751. The van der Waals surface area contributed by atoms with E-state index in [1.54, 1.807) is 0 Å². The van der Waals surface area contributed by atoms with Crippen LogP contribution in [0.15, 0.2) is 24.3 Å². The van der Waals surface area contributed by atoms with Crippen LogP contribution in [0.4, 0.5) is 11.8 Å². The van der Waals surface area contributed by atoms with Gasteiger partial charge in [-0.05, 0) is 50.2 Å². The van der Waals surface area contributed by atoms with Crippen LogP contribution >= 0.6 is 0 Å². The number of para-hydroxylation sites is 1. The van der Waals surface area contributed by atoms with Crippen molar-refractivity contribution in [3.8, 4) is 0 Å². The van der Waals surface area contributed by atoms with Gasteiger partial charge in [0.1, 0.15) is 5.82 Å². The van der Waals surface area contributed by atoms with Crippen LogP contribution in [0.3, 0.4) is 0 Å². The highest BCUT2D eigenvalue weighted by Gasteiger charge is 2.23. The third kappa shape index (κ3) is 4.50. The Morgan fingerprint density at radius 2 is 1.81 bits per heavy atom. The van der Waals surface area contributed by atoms with E-state index in [1.165, 1.54) is 19.3 Å². The highest BCUT2D eigenvalue weighted by Crippen LogP contribution is 2.26. The van der Waals surface area contributed by atoms with E-state index in [0.29, 0.717) is 18.0 Å². The third-order valence-electron chi connectivity index (χ3n) is 5.79. The van der Waals surface area contributed by atoms with Gasteiger partial charge in [-0.25, -0.2) is 4.98 Å². The highest BCUT2D eigenvalue weighted by molar-refractivity contribution is 5.90. The van der Waals surface area contributed by atoms with E-state index < -0.39 is 0 Å². The molecule has 1 aliphatic heterocycles. The summed E-state index contributed by atoms with van der Waals surface area (Å²) in [6.07, 6.45) is 5.94. The van der Waals surface area contributed by atoms with Crippen molar-refractivity contribution in [2.75, 3.05) is 44.1 Å². The van der Waals surface area contributed by atoms with Gasteiger partial charge in [0.2, 0.25) is 5.95 Å². The molecule has 6 nitrogen and oxygen atoms in total. The molecule has 1 saturated carbocycles. The zero-order chi connectivity index (χ0) is 18.6. The van der Waals surface area contributed by atoms with E-state index in [9.17, 15) is 0 Å². The lowest BCUT2D eigenvalue weighted by Crippen LogP contribution is -2.39. The zero-order valence-corrected chi connectivity index (χ0v) is 16.4. The summed E-state index contributed by atoms with van der Waals surface area (Å²) >= 11 is 0. The molecule has 2 N–H and O–H groups in total. The van der Waals surface area contributed by atoms with Gasteiger partial charge in [0.15, 0.2) is 0 Å². The number of rotatable bonds is 6. The summed E-state index contributed by atoms with van der Waals surface area (Å²) < 4.78 is 5.47. The fourth-order valence-corrected chi connectivity index (χ4v) is 4.17. The molecule has 146 valence electrons. The molecule has 1 aliphatic carbocycles. The topological polar surface area (TPSA) is 62.3 Å². The van der Waals surface area contributed by atoms with E-state index in [0.717, 1.165) is 55.3 Å². The van der Waals surface area contributed by atoms with Crippen LogP contribution in [0.25, 0.3) is 10.9 Å². The van der Waals surface area contributed by atoms with Crippen molar-refractivity contribution in [1.82, 2.24) is 15.3 Å². The fourth-order valence-electron chi connectivity index (χ4n) is 4.17. The van der Waals surface area contributed by atoms with Gasteiger partial charge in [-0.15, -0.1) is 0 Å². The van der Waals surface area contributed by atoms with Crippen molar-refractivity contribution in [1.29, 1.82) is 0 Å². The number of aromatic nitrogens is 2. The standard InChI is InChI=1S/C21H31N5O/c1-26(2)20-18-5-3-4-6-19(18)24-21(25-20)23-17-9-7-16(8-10-17)22-13-15-11-12-27-14-15/h3-6,15-17,22H,7-14H2,1-2H3,(H,23,24,25). The van der Waals surface area contributed by atoms with E-state index >= 15 is 0 Å². The van der Waals surface area contributed by atoms with Crippen molar-refractivity contribution in [2.45, 2.75) is 44.2 Å². The number of nitrogens with one attached hydrogen (secondary N) is 2. The van der Waals surface area contributed by atoms with E-state index in [-0.39, 0.29) is 0 Å². The highest BCUT2D eigenvalue weighted by atomic mass is 16.5. The first-order valence-electron chi connectivity index (χ1n) is 10.2. The number of nitrogens with zero attached hydrogens (tertiary/aromatic N) is 3. The molecule has 4 rings (SSSR count). The molecule has 1 aromatic carbocycles. The number of hydrogen-bond donors (Lipinski definition) is 2. The first-order valence-corrected chi connectivity index (χ1v) is 10.2. The Kier molecular flexibility index (Phi) is 5.74. The summed E-state index contributed by atoms with van der Waals surface area (Å²) in [6.45, 7) is 2.96. The molecule has 1 atom stereocenters. The molecule has 0 bridgehead atoms. The van der Waals surface area contributed by atoms with Gasteiger partial charge in [-0.3, -0.25) is 0 Å². The lowest BCUT2D eigenvalue weighted by molar-refractivity contribution is 0.183. The summed E-state index contributed by atoms with van der Waals surface area (Å²) in [5.41, 5.74) is 0.993. The average Bonchev–Trinajstić information content (AvgIpc) is 3.20. The minimum atomic E-state index is 0.453. The Labute approximate surface area is 161 Å². The van der Waals surface area contributed by atoms with Crippen LogP contribution in [-0.4, -0.2) is 55.9 Å². The predicted octanol–water partition coefficient (Wildman–Crippen LogP) is 3.05. The maximum atomic E-state index is 5.47. The van der Waals surface area contributed by atoms with Crippen LogP contribution in [0.5, 0.6) is 0 Å². The molecule has 2 aliphatic rings. The lowest BCUT2D eigenvalue weighted by atomic mass is 9.91. The van der Waals surface area contributed by atoms with Crippen molar-refractivity contribution < 1.29 is 4.74 Å². The second-order valence-corrected chi connectivity index (χ2v) is 8.11. The molecule has 2 fully saturated rings. The number of hydrogen-bond acceptors (Lipinski definition) is 6. The number of ether oxygens (including phenoxy) is 1. The molecule has 6 heteroatoms. The summed E-state index contributed by atoms with van der Waals surface area (Å²) in [7, 11) is 4.07. The maximum absolute atomic E-state index is 5.47. The molecule has 0 amide bonds. The fraction of sp³-hybridized carbons (Fsp3) is 0.619. The van der Waals surface area contributed by atoms with E-state index in [4.69, 9.17) is 14.7 Å². The van der Waals surface area contributed by atoms with Gasteiger partial charge in [0.25, 0.3) is 0 Å². The van der Waals surface area contributed by atoms with Crippen molar-refractivity contribution >= 4 is 22.7 Å². The molecule has 0 spiro atoms. The van der Waals surface area contributed by atoms with Crippen LogP contribution in [0.2, 0.25) is 0 Å². The molecule has 1 unspecified atom stereocenters. The third-order valence-corrected chi connectivity index (χ3v) is 5.79. The van der Waals surface area contributed by atoms with E-state index in [1.807, 2.05) is 26.2 Å². The maximum Gasteiger partial charge on any atom is 0.225 e. The molecule has 27 heavy (non-hydrogen) atoms. The molecular formula is C21H31N5O. The molecule has 2 heterocycles. The first kappa shape index (κ1) is 18.4. The quantitative estimate of drug-likeness (QED) is 0.816. The van der Waals surface area contributed by atoms with Crippen LogP contribution < -0.4 is 15.5 Å². The van der Waals surface area contributed by atoms with Gasteiger partial charge >= 0.3 is 0 Å². The summed E-state index contributed by atoms with van der Waals surface area (Å²) in [4.78, 5) is 11.6. The largest absolute Gasteiger partial charge is 0.381 e. The molecule has 1 saturated heterocycles. The summed E-state index contributed by atoms with van der Waals surface area (Å²) in [5.74, 6) is 2.42. The second-order valence-electron chi connectivity index (χ2n) is 8.11. The van der Waals surface area contributed by atoms with Gasteiger partial charge < -0.3 is 20.3 Å². The predicted molar refractivity (Wildman–Crippen MR) is 110 cm³/mol. The molecule has 2 aromatic rings. The monoisotopic (exact) mass is 369 g/mol. The number of anilines is 2. The Hall–Kier alpha value is -1.92. The van der Waals surface area contributed by atoms with Crippen molar-refractivity contribution in [3.05, 3.63) is 24.3 Å². The molecule has 1 aromatic heterocycles. The van der Waals surface area contributed by atoms with Gasteiger partial charge in [-0.1, -0.05) is 12.1 Å². The minimum Gasteiger partial charge on any atom is -0.381 e. The summed E-state index contributed by atoms with van der Waals surface area (Å²) in [6, 6.07) is 9.30. The van der Waals surface area contributed by atoms with Gasteiger partial charge in [0.05, 0.1) is 12.1 Å². The summed E-state index contributed by atoms with van der Waals surface area (Å²) in [5, 5.41) is 8.43. The molecule has 0 radical (unpaired) electrons. The second kappa shape index (κ2) is 8.40. The van der Waals surface area contributed by atoms with Crippen molar-refractivity contribution in [3.63, 3.8) is 0 Å². The lowest BCUT2D eigenvalue weighted by Gasteiger charge is -2.30. The smallest absolute Gasteiger partial charge is 0.225 e. The Morgan fingerprint density at radius 1 is 1.04 bits per heavy atom. The Morgan fingerprint density at radius 3 is 2.56 bits per heavy atom. The zero-order valence-electron chi connectivity index (χ0n) is 16.4. The normalized spacial score (nSPS) is 25.6. The van der Waals surface area contributed by atoms with Crippen LogP contribution in [-0.2, 0) is 4.74 Å². The first-order chi connectivity index (χ1) is 13.2. The Balaban J connectivity index is 1.34. The molecular weight excluding hydrogens is 338 g/mol.